The normalized spacial score (nSPS) is 17.5. The SMILES string of the molecule is CC(=O)N1CCN(CCN=C(N)NC(C)CCCC(C)C)CC1.I. The van der Waals surface area contributed by atoms with Crippen molar-refractivity contribution in [3.8, 4) is 0 Å². The second-order valence-electron chi connectivity index (χ2n) is 6.98. The Balaban J connectivity index is 0.00000529. The van der Waals surface area contributed by atoms with Gasteiger partial charge in [-0.25, -0.2) is 0 Å². The van der Waals surface area contributed by atoms with Gasteiger partial charge in [0.2, 0.25) is 5.91 Å². The lowest BCUT2D eigenvalue weighted by atomic mass is 10.0. The number of nitrogens with one attached hydrogen (secondary N) is 1. The van der Waals surface area contributed by atoms with Gasteiger partial charge in [-0.1, -0.05) is 26.7 Å². The summed E-state index contributed by atoms with van der Waals surface area (Å²) in [5, 5.41) is 3.27. The van der Waals surface area contributed by atoms with Gasteiger partial charge in [0.25, 0.3) is 0 Å². The molecule has 1 saturated heterocycles. The van der Waals surface area contributed by atoms with Crippen molar-refractivity contribution in [3.05, 3.63) is 0 Å². The van der Waals surface area contributed by atoms with Crippen molar-refractivity contribution in [2.75, 3.05) is 39.3 Å². The van der Waals surface area contributed by atoms with Gasteiger partial charge in [-0.15, -0.1) is 24.0 Å². The Morgan fingerprint density at radius 2 is 1.79 bits per heavy atom. The second-order valence-corrected chi connectivity index (χ2v) is 6.98. The number of hydrogen-bond acceptors (Lipinski definition) is 3. The lowest BCUT2D eigenvalue weighted by Gasteiger charge is -2.33. The molecule has 3 N–H and O–H groups in total. The molecule has 0 radical (unpaired) electrons. The van der Waals surface area contributed by atoms with Crippen molar-refractivity contribution in [2.45, 2.75) is 53.0 Å². The second kappa shape index (κ2) is 12.7. The fourth-order valence-corrected chi connectivity index (χ4v) is 2.80. The van der Waals surface area contributed by atoms with E-state index < -0.39 is 0 Å². The van der Waals surface area contributed by atoms with Crippen LogP contribution in [0.1, 0.15) is 47.0 Å². The summed E-state index contributed by atoms with van der Waals surface area (Å²) in [5.41, 5.74) is 5.95. The van der Waals surface area contributed by atoms with Gasteiger partial charge in [0.15, 0.2) is 5.96 Å². The van der Waals surface area contributed by atoms with Gasteiger partial charge in [-0.2, -0.15) is 0 Å². The van der Waals surface area contributed by atoms with Crippen LogP contribution in [0.5, 0.6) is 0 Å². The third-order valence-electron chi connectivity index (χ3n) is 4.33. The zero-order chi connectivity index (χ0) is 17.2. The molecule has 6 nitrogen and oxygen atoms in total. The zero-order valence-electron chi connectivity index (χ0n) is 15.8. The molecule has 7 heteroatoms. The van der Waals surface area contributed by atoms with Gasteiger partial charge >= 0.3 is 0 Å². The molecule has 1 heterocycles. The van der Waals surface area contributed by atoms with E-state index >= 15 is 0 Å². The minimum Gasteiger partial charge on any atom is -0.370 e. The first-order chi connectivity index (χ1) is 10.9. The number of carbonyl (C=O) groups is 1. The highest BCUT2D eigenvalue weighted by molar-refractivity contribution is 14.0. The van der Waals surface area contributed by atoms with E-state index in [0.29, 0.717) is 18.5 Å². The van der Waals surface area contributed by atoms with Crippen LogP contribution in [0, 0.1) is 5.92 Å². The van der Waals surface area contributed by atoms with Crippen LogP contribution >= 0.6 is 24.0 Å². The van der Waals surface area contributed by atoms with Crippen LogP contribution in [0.25, 0.3) is 0 Å². The molecule has 1 rings (SSSR count). The molecule has 0 aromatic rings. The smallest absolute Gasteiger partial charge is 0.219 e. The van der Waals surface area contributed by atoms with Crippen LogP contribution < -0.4 is 11.1 Å². The number of guanidine groups is 1. The molecular formula is C17H36IN5O. The van der Waals surface area contributed by atoms with Crippen LogP contribution in [0.3, 0.4) is 0 Å². The summed E-state index contributed by atoms with van der Waals surface area (Å²) in [6.07, 6.45) is 3.61. The topological polar surface area (TPSA) is 74.0 Å². The van der Waals surface area contributed by atoms with Crippen molar-refractivity contribution in [3.63, 3.8) is 0 Å². The maximum Gasteiger partial charge on any atom is 0.219 e. The van der Waals surface area contributed by atoms with Crippen molar-refractivity contribution >= 4 is 35.8 Å². The number of halogens is 1. The molecule has 1 amide bonds. The van der Waals surface area contributed by atoms with Crippen LogP contribution in [0.15, 0.2) is 4.99 Å². The van der Waals surface area contributed by atoms with Crippen molar-refractivity contribution in [1.29, 1.82) is 0 Å². The number of aliphatic imine (C=N–C) groups is 1. The summed E-state index contributed by atoms with van der Waals surface area (Å²) in [6.45, 7) is 13.4. The molecule has 1 aliphatic rings. The largest absolute Gasteiger partial charge is 0.370 e. The van der Waals surface area contributed by atoms with E-state index in [1.54, 1.807) is 6.92 Å². The maximum atomic E-state index is 11.3. The minimum absolute atomic E-state index is 0. The van der Waals surface area contributed by atoms with Gasteiger partial charge in [0, 0.05) is 45.7 Å². The fourth-order valence-electron chi connectivity index (χ4n) is 2.80. The van der Waals surface area contributed by atoms with E-state index in [2.05, 4.69) is 36.0 Å². The Bertz CT molecular complexity index is 381. The van der Waals surface area contributed by atoms with Crippen molar-refractivity contribution < 1.29 is 4.79 Å². The number of rotatable bonds is 8. The summed E-state index contributed by atoms with van der Waals surface area (Å²) in [5.74, 6) is 1.48. The van der Waals surface area contributed by atoms with Gasteiger partial charge in [-0.05, 0) is 19.3 Å². The first kappa shape index (κ1) is 23.4. The van der Waals surface area contributed by atoms with E-state index in [1.807, 2.05) is 4.90 Å². The van der Waals surface area contributed by atoms with E-state index in [-0.39, 0.29) is 29.9 Å². The lowest BCUT2D eigenvalue weighted by molar-refractivity contribution is -0.130. The Hall–Kier alpha value is -0.570. The predicted molar refractivity (Wildman–Crippen MR) is 112 cm³/mol. The van der Waals surface area contributed by atoms with Crippen molar-refractivity contribution in [2.24, 2.45) is 16.6 Å². The summed E-state index contributed by atoms with van der Waals surface area (Å²) in [7, 11) is 0. The third-order valence-corrected chi connectivity index (χ3v) is 4.33. The molecule has 1 unspecified atom stereocenters. The zero-order valence-corrected chi connectivity index (χ0v) is 18.1. The Kier molecular flexibility index (Phi) is 12.4. The molecule has 0 saturated carbocycles. The summed E-state index contributed by atoms with van der Waals surface area (Å²) < 4.78 is 0. The molecule has 0 bridgehead atoms. The van der Waals surface area contributed by atoms with E-state index in [4.69, 9.17) is 5.73 Å². The predicted octanol–water partition coefficient (Wildman–Crippen LogP) is 1.89. The van der Waals surface area contributed by atoms with Gasteiger partial charge in [0.1, 0.15) is 0 Å². The number of nitrogens with zero attached hydrogens (tertiary/aromatic N) is 3. The highest BCUT2D eigenvalue weighted by Crippen LogP contribution is 2.08. The standard InChI is InChI=1S/C17H35N5O.HI/c1-14(2)6-5-7-15(3)20-17(18)19-8-9-21-10-12-22(13-11-21)16(4)23;/h14-15H,5-13H2,1-4H3,(H3,18,19,20);1H. The van der Waals surface area contributed by atoms with Crippen LogP contribution in [0.2, 0.25) is 0 Å². The van der Waals surface area contributed by atoms with Gasteiger partial charge < -0.3 is 16.0 Å². The number of hydrogen-bond donors (Lipinski definition) is 2. The van der Waals surface area contributed by atoms with Gasteiger partial charge in [-0.3, -0.25) is 14.7 Å². The van der Waals surface area contributed by atoms with Crippen LogP contribution in [-0.4, -0.2) is 67.0 Å². The Morgan fingerprint density at radius 3 is 2.33 bits per heavy atom. The Labute approximate surface area is 164 Å². The van der Waals surface area contributed by atoms with E-state index in [1.165, 1.54) is 12.8 Å². The van der Waals surface area contributed by atoms with E-state index in [0.717, 1.165) is 45.1 Å². The highest BCUT2D eigenvalue weighted by atomic mass is 127. The minimum atomic E-state index is 0. The molecule has 1 aliphatic heterocycles. The summed E-state index contributed by atoms with van der Waals surface area (Å²) >= 11 is 0. The molecule has 1 fully saturated rings. The van der Waals surface area contributed by atoms with E-state index in [9.17, 15) is 4.79 Å². The average Bonchev–Trinajstić information content (AvgIpc) is 2.47. The highest BCUT2D eigenvalue weighted by Gasteiger charge is 2.17. The molecule has 0 aromatic carbocycles. The van der Waals surface area contributed by atoms with Crippen LogP contribution in [0.4, 0.5) is 0 Å². The third kappa shape index (κ3) is 10.3. The summed E-state index contributed by atoms with van der Waals surface area (Å²) in [4.78, 5) is 19.9. The Morgan fingerprint density at radius 1 is 1.17 bits per heavy atom. The number of carbonyl (C=O) groups excluding carboxylic acids is 1. The first-order valence-corrected chi connectivity index (χ1v) is 8.92. The first-order valence-electron chi connectivity index (χ1n) is 8.92. The molecule has 142 valence electrons. The summed E-state index contributed by atoms with van der Waals surface area (Å²) in [6, 6.07) is 0.372. The van der Waals surface area contributed by atoms with Crippen molar-refractivity contribution in [1.82, 2.24) is 15.1 Å². The lowest BCUT2D eigenvalue weighted by Crippen LogP contribution is -2.48. The average molecular weight is 453 g/mol. The molecular weight excluding hydrogens is 417 g/mol. The molecule has 0 aromatic heterocycles. The van der Waals surface area contributed by atoms with Crippen LogP contribution in [-0.2, 0) is 4.79 Å². The molecule has 1 atom stereocenters. The quantitative estimate of drug-likeness (QED) is 0.335. The fraction of sp³-hybridized carbons (Fsp3) is 0.882. The number of piperazine rings is 1. The van der Waals surface area contributed by atoms with Gasteiger partial charge in [0.05, 0.1) is 6.54 Å². The number of amides is 1. The number of nitrogens with two attached hydrogens (primary N) is 1. The molecule has 0 aliphatic carbocycles. The molecule has 0 spiro atoms. The monoisotopic (exact) mass is 453 g/mol. The molecule has 24 heavy (non-hydrogen) atoms. The maximum absolute atomic E-state index is 11.3.